The second kappa shape index (κ2) is 7.28. The van der Waals surface area contributed by atoms with E-state index in [-0.39, 0.29) is 5.91 Å². The van der Waals surface area contributed by atoms with Crippen molar-refractivity contribution in [1.29, 1.82) is 0 Å². The van der Waals surface area contributed by atoms with Gasteiger partial charge in [-0.15, -0.1) is 0 Å². The van der Waals surface area contributed by atoms with Gasteiger partial charge in [0.25, 0.3) is 0 Å². The minimum Gasteiger partial charge on any atom is -0.353 e. The number of piperidine rings is 1. The molecule has 2 fully saturated rings. The zero-order valence-electron chi connectivity index (χ0n) is 12.6. The first-order valence-corrected chi connectivity index (χ1v) is 8.17. The Balaban J connectivity index is 1.68. The lowest BCUT2D eigenvalue weighted by Crippen LogP contribution is -2.43. The third kappa shape index (κ3) is 4.48. The van der Waals surface area contributed by atoms with E-state index in [9.17, 15) is 4.79 Å². The smallest absolute Gasteiger partial charge is 0.220 e. The van der Waals surface area contributed by atoms with Crippen molar-refractivity contribution < 1.29 is 4.79 Å². The quantitative estimate of drug-likeness (QED) is 0.821. The fourth-order valence-electron chi connectivity index (χ4n) is 3.57. The van der Waals surface area contributed by atoms with Crippen molar-refractivity contribution >= 4 is 5.91 Å². The SMILES string of the molecule is CC1CCCC(NC(=O)CCC2CCNCC2)C1C. The average Bonchev–Trinajstić information content (AvgIpc) is 2.43. The molecule has 2 N–H and O–H groups in total. The van der Waals surface area contributed by atoms with Crippen molar-refractivity contribution in [3.05, 3.63) is 0 Å². The second-order valence-corrected chi connectivity index (χ2v) is 6.67. The van der Waals surface area contributed by atoms with E-state index in [0.717, 1.165) is 37.8 Å². The number of nitrogens with one attached hydrogen (secondary N) is 2. The highest BCUT2D eigenvalue weighted by atomic mass is 16.1. The molecule has 110 valence electrons. The van der Waals surface area contributed by atoms with Crippen molar-refractivity contribution in [2.24, 2.45) is 17.8 Å². The highest BCUT2D eigenvalue weighted by Gasteiger charge is 2.28. The molecule has 1 saturated heterocycles. The molecular formula is C16H30N2O. The molecule has 1 aliphatic carbocycles. The minimum atomic E-state index is 0.282. The van der Waals surface area contributed by atoms with Crippen LogP contribution in [0.25, 0.3) is 0 Å². The largest absolute Gasteiger partial charge is 0.353 e. The summed E-state index contributed by atoms with van der Waals surface area (Å²) in [6, 6.07) is 0.421. The number of rotatable bonds is 4. The number of carbonyl (C=O) groups excluding carboxylic acids is 1. The van der Waals surface area contributed by atoms with Crippen LogP contribution in [-0.2, 0) is 4.79 Å². The first kappa shape index (κ1) is 14.8. The lowest BCUT2D eigenvalue weighted by molar-refractivity contribution is -0.122. The Hall–Kier alpha value is -0.570. The molecule has 1 amide bonds. The van der Waals surface area contributed by atoms with Gasteiger partial charge in [0.1, 0.15) is 0 Å². The molecule has 3 unspecified atom stereocenters. The fourth-order valence-corrected chi connectivity index (χ4v) is 3.57. The normalized spacial score (nSPS) is 33.1. The van der Waals surface area contributed by atoms with Crippen molar-refractivity contribution in [1.82, 2.24) is 10.6 Å². The summed E-state index contributed by atoms with van der Waals surface area (Å²) < 4.78 is 0. The molecule has 2 rings (SSSR count). The molecule has 3 nitrogen and oxygen atoms in total. The van der Waals surface area contributed by atoms with Gasteiger partial charge in [0.2, 0.25) is 5.91 Å². The van der Waals surface area contributed by atoms with E-state index in [1.165, 1.54) is 32.1 Å². The minimum absolute atomic E-state index is 0.282. The van der Waals surface area contributed by atoms with Gasteiger partial charge in [0, 0.05) is 12.5 Å². The lowest BCUT2D eigenvalue weighted by atomic mass is 9.78. The van der Waals surface area contributed by atoms with E-state index < -0.39 is 0 Å². The molecule has 0 aromatic rings. The van der Waals surface area contributed by atoms with Crippen LogP contribution in [0.5, 0.6) is 0 Å². The van der Waals surface area contributed by atoms with Crippen molar-refractivity contribution in [3.63, 3.8) is 0 Å². The maximum atomic E-state index is 12.1. The Morgan fingerprint density at radius 1 is 1.16 bits per heavy atom. The average molecular weight is 266 g/mol. The molecule has 1 aliphatic heterocycles. The van der Waals surface area contributed by atoms with E-state index in [1.54, 1.807) is 0 Å². The number of hydrogen-bond acceptors (Lipinski definition) is 2. The van der Waals surface area contributed by atoms with Crippen LogP contribution in [0.4, 0.5) is 0 Å². The summed E-state index contributed by atoms with van der Waals surface area (Å²) in [4.78, 5) is 12.1. The maximum absolute atomic E-state index is 12.1. The van der Waals surface area contributed by atoms with Crippen molar-refractivity contribution in [3.8, 4) is 0 Å². The third-order valence-electron chi connectivity index (χ3n) is 5.29. The van der Waals surface area contributed by atoms with Crippen LogP contribution in [0.1, 0.15) is 58.8 Å². The topological polar surface area (TPSA) is 41.1 Å². The number of carbonyl (C=O) groups is 1. The molecule has 0 aromatic carbocycles. The van der Waals surface area contributed by atoms with Crippen molar-refractivity contribution in [2.45, 2.75) is 64.8 Å². The van der Waals surface area contributed by atoms with Gasteiger partial charge in [-0.2, -0.15) is 0 Å². The summed E-state index contributed by atoms with van der Waals surface area (Å²) in [6.07, 6.45) is 8.04. The lowest BCUT2D eigenvalue weighted by Gasteiger charge is -2.34. The molecule has 19 heavy (non-hydrogen) atoms. The molecule has 1 heterocycles. The van der Waals surface area contributed by atoms with Gasteiger partial charge in [-0.25, -0.2) is 0 Å². The first-order chi connectivity index (χ1) is 9.16. The van der Waals surface area contributed by atoms with Gasteiger partial charge in [-0.05, 0) is 56.5 Å². The third-order valence-corrected chi connectivity index (χ3v) is 5.29. The zero-order valence-corrected chi connectivity index (χ0v) is 12.6. The van der Waals surface area contributed by atoms with E-state index in [0.29, 0.717) is 12.0 Å². The first-order valence-electron chi connectivity index (χ1n) is 8.17. The van der Waals surface area contributed by atoms with Gasteiger partial charge in [-0.1, -0.05) is 26.7 Å². The monoisotopic (exact) mass is 266 g/mol. The molecule has 1 saturated carbocycles. The predicted molar refractivity (Wildman–Crippen MR) is 78.9 cm³/mol. The van der Waals surface area contributed by atoms with E-state index in [2.05, 4.69) is 24.5 Å². The Bertz CT molecular complexity index is 286. The summed E-state index contributed by atoms with van der Waals surface area (Å²) in [5.74, 6) is 2.43. The summed E-state index contributed by atoms with van der Waals surface area (Å²) in [5.41, 5.74) is 0. The summed E-state index contributed by atoms with van der Waals surface area (Å²) in [7, 11) is 0. The maximum Gasteiger partial charge on any atom is 0.220 e. The highest BCUT2D eigenvalue weighted by Crippen LogP contribution is 2.29. The van der Waals surface area contributed by atoms with Crippen LogP contribution in [0.2, 0.25) is 0 Å². The van der Waals surface area contributed by atoms with E-state index in [4.69, 9.17) is 0 Å². The van der Waals surface area contributed by atoms with Gasteiger partial charge in [-0.3, -0.25) is 4.79 Å². The fraction of sp³-hybridized carbons (Fsp3) is 0.938. The summed E-state index contributed by atoms with van der Waals surface area (Å²) in [5, 5.41) is 6.66. The number of hydrogen-bond donors (Lipinski definition) is 2. The molecular weight excluding hydrogens is 236 g/mol. The van der Waals surface area contributed by atoms with Gasteiger partial charge >= 0.3 is 0 Å². The molecule has 0 aromatic heterocycles. The zero-order chi connectivity index (χ0) is 13.7. The van der Waals surface area contributed by atoms with Crippen LogP contribution in [0.15, 0.2) is 0 Å². The molecule has 0 spiro atoms. The number of amides is 1. The second-order valence-electron chi connectivity index (χ2n) is 6.67. The Morgan fingerprint density at radius 3 is 2.63 bits per heavy atom. The van der Waals surface area contributed by atoms with Crippen LogP contribution >= 0.6 is 0 Å². The Kier molecular flexibility index (Phi) is 5.68. The van der Waals surface area contributed by atoms with Gasteiger partial charge in [0.15, 0.2) is 0 Å². The highest BCUT2D eigenvalue weighted by molar-refractivity contribution is 5.76. The van der Waals surface area contributed by atoms with Gasteiger partial charge in [0.05, 0.1) is 0 Å². The van der Waals surface area contributed by atoms with Crippen LogP contribution < -0.4 is 10.6 Å². The standard InChI is InChI=1S/C16H30N2O/c1-12-4-3-5-15(13(12)2)18-16(19)7-6-14-8-10-17-11-9-14/h12-15,17H,3-11H2,1-2H3,(H,18,19). The molecule has 3 heteroatoms. The van der Waals surface area contributed by atoms with Crippen LogP contribution in [0.3, 0.4) is 0 Å². The summed E-state index contributed by atoms with van der Waals surface area (Å²) >= 11 is 0. The molecule has 3 atom stereocenters. The van der Waals surface area contributed by atoms with E-state index in [1.807, 2.05) is 0 Å². The molecule has 2 aliphatic rings. The van der Waals surface area contributed by atoms with E-state index >= 15 is 0 Å². The molecule has 0 radical (unpaired) electrons. The molecule has 0 bridgehead atoms. The van der Waals surface area contributed by atoms with Crippen LogP contribution in [0, 0.1) is 17.8 Å². The Morgan fingerprint density at radius 2 is 1.89 bits per heavy atom. The van der Waals surface area contributed by atoms with Crippen LogP contribution in [-0.4, -0.2) is 25.0 Å². The Labute approximate surface area is 117 Å². The van der Waals surface area contributed by atoms with Crippen molar-refractivity contribution in [2.75, 3.05) is 13.1 Å². The van der Waals surface area contributed by atoms with Gasteiger partial charge < -0.3 is 10.6 Å². The summed E-state index contributed by atoms with van der Waals surface area (Å²) in [6.45, 7) is 6.87. The predicted octanol–water partition coefficient (Wildman–Crippen LogP) is 2.71.